The zero-order valence-corrected chi connectivity index (χ0v) is 16.5. The van der Waals surface area contributed by atoms with Gasteiger partial charge < -0.3 is 10.6 Å². The molecule has 2 amide bonds. The first-order valence-corrected chi connectivity index (χ1v) is 9.93. The molecule has 2 N–H and O–H groups in total. The Morgan fingerprint density at radius 2 is 1.64 bits per heavy atom. The molecule has 0 saturated heterocycles. The molecular weight excluding hydrogens is 394 g/mol. The number of hydrogen-bond acceptors (Lipinski definition) is 4. The summed E-state index contributed by atoms with van der Waals surface area (Å²) in [5.74, 6) is 0.497. The van der Waals surface area contributed by atoms with Crippen LogP contribution in [-0.2, 0) is 16.0 Å². The second-order valence-corrected chi connectivity index (χ2v) is 7.42. The third-order valence-corrected chi connectivity index (χ3v) is 4.95. The van der Waals surface area contributed by atoms with Gasteiger partial charge in [0.2, 0.25) is 11.8 Å². The molecule has 1 heterocycles. The number of hydrogen-bond donors (Lipinski definition) is 2. The van der Waals surface area contributed by atoms with Crippen molar-refractivity contribution in [3.8, 4) is 0 Å². The van der Waals surface area contributed by atoms with E-state index in [2.05, 4.69) is 15.6 Å². The second kappa shape index (κ2) is 9.92. The maximum Gasteiger partial charge on any atom is 0.235 e. The fraction of sp³-hybridized carbons (Fsp3) is 0.0952. The molecule has 0 fully saturated rings. The molecule has 1 aromatic heterocycles. The lowest BCUT2D eigenvalue weighted by atomic mass is 10.1. The minimum Gasteiger partial charge on any atom is -0.326 e. The minimum atomic E-state index is -0.153. The van der Waals surface area contributed by atoms with Gasteiger partial charge in [-0.05, 0) is 42.0 Å². The van der Waals surface area contributed by atoms with Gasteiger partial charge in [-0.15, -0.1) is 11.8 Å². The number of benzene rings is 2. The fourth-order valence-corrected chi connectivity index (χ4v) is 3.21. The van der Waals surface area contributed by atoms with E-state index in [1.165, 1.54) is 18.0 Å². The van der Waals surface area contributed by atoms with Crippen molar-refractivity contribution in [1.29, 1.82) is 0 Å². The smallest absolute Gasteiger partial charge is 0.235 e. The maximum absolute atomic E-state index is 12.1. The lowest BCUT2D eigenvalue weighted by Gasteiger charge is -2.07. The molecule has 0 saturated carbocycles. The first kappa shape index (κ1) is 19.9. The van der Waals surface area contributed by atoms with Crippen molar-refractivity contribution >= 4 is 46.7 Å². The SMILES string of the molecule is O=C(Cc1ccccc1)Nc1ccc(SCC(=O)Nc2ccc(Cl)cn2)cc1. The predicted octanol–water partition coefficient (Wildman–Crippen LogP) is 4.65. The van der Waals surface area contributed by atoms with E-state index in [-0.39, 0.29) is 17.6 Å². The van der Waals surface area contributed by atoms with Crippen LogP contribution in [0, 0.1) is 0 Å². The van der Waals surface area contributed by atoms with Gasteiger partial charge in [0, 0.05) is 16.8 Å². The third-order valence-electron chi connectivity index (χ3n) is 3.71. The van der Waals surface area contributed by atoms with Gasteiger partial charge in [-0.1, -0.05) is 41.9 Å². The van der Waals surface area contributed by atoms with Crippen molar-refractivity contribution in [3.63, 3.8) is 0 Å². The van der Waals surface area contributed by atoms with E-state index in [1.807, 2.05) is 54.6 Å². The zero-order chi connectivity index (χ0) is 19.8. The average molecular weight is 412 g/mol. The number of nitrogens with one attached hydrogen (secondary N) is 2. The molecular formula is C21H18ClN3O2S. The molecule has 3 aromatic rings. The molecule has 0 aliphatic carbocycles. The summed E-state index contributed by atoms with van der Waals surface area (Å²) in [6.07, 6.45) is 1.81. The van der Waals surface area contributed by atoms with Crippen LogP contribution in [0.3, 0.4) is 0 Å². The number of rotatable bonds is 7. The molecule has 0 radical (unpaired) electrons. The van der Waals surface area contributed by atoms with Gasteiger partial charge in [0.25, 0.3) is 0 Å². The standard InChI is InChI=1S/C21H18ClN3O2S/c22-16-6-11-19(23-13-16)25-21(27)14-28-18-9-7-17(8-10-18)24-20(26)12-15-4-2-1-3-5-15/h1-11,13H,12,14H2,(H,24,26)(H,23,25,27). The Hall–Kier alpha value is -2.83. The Morgan fingerprint density at radius 3 is 2.32 bits per heavy atom. The number of anilines is 2. The van der Waals surface area contributed by atoms with Crippen LogP contribution >= 0.6 is 23.4 Å². The van der Waals surface area contributed by atoms with Gasteiger partial charge in [0.1, 0.15) is 5.82 Å². The third kappa shape index (κ3) is 6.40. The lowest BCUT2D eigenvalue weighted by molar-refractivity contribution is -0.115. The van der Waals surface area contributed by atoms with Crippen molar-refractivity contribution in [2.75, 3.05) is 16.4 Å². The quantitative estimate of drug-likeness (QED) is 0.555. The van der Waals surface area contributed by atoms with Crippen LogP contribution in [0.4, 0.5) is 11.5 Å². The van der Waals surface area contributed by atoms with E-state index in [0.29, 0.717) is 17.3 Å². The highest BCUT2D eigenvalue weighted by molar-refractivity contribution is 8.00. The molecule has 2 aromatic carbocycles. The monoisotopic (exact) mass is 411 g/mol. The lowest BCUT2D eigenvalue weighted by Crippen LogP contribution is -2.15. The first-order valence-electron chi connectivity index (χ1n) is 8.56. The molecule has 3 rings (SSSR count). The fourth-order valence-electron chi connectivity index (χ4n) is 2.40. The first-order chi connectivity index (χ1) is 13.6. The molecule has 0 bridgehead atoms. The zero-order valence-electron chi connectivity index (χ0n) is 14.9. The van der Waals surface area contributed by atoms with Crippen LogP contribution in [-0.4, -0.2) is 22.6 Å². The molecule has 5 nitrogen and oxygen atoms in total. The molecule has 0 spiro atoms. The molecule has 0 unspecified atom stereocenters. The van der Waals surface area contributed by atoms with Gasteiger partial charge in [0.15, 0.2) is 0 Å². The predicted molar refractivity (Wildman–Crippen MR) is 114 cm³/mol. The number of pyridine rings is 1. The molecule has 7 heteroatoms. The number of halogens is 1. The van der Waals surface area contributed by atoms with Crippen molar-refractivity contribution in [2.24, 2.45) is 0 Å². The van der Waals surface area contributed by atoms with Crippen molar-refractivity contribution < 1.29 is 9.59 Å². The second-order valence-electron chi connectivity index (χ2n) is 5.93. The largest absolute Gasteiger partial charge is 0.326 e. The molecule has 142 valence electrons. The number of aromatic nitrogens is 1. The Kier molecular flexibility index (Phi) is 7.06. The van der Waals surface area contributed by atoms with Gasteiger partial charge in [-0.2, -0.15) is 0 Å². The highest BCUT2D eigenvalue weighted by Crippen LogP contribution is 2.21. The molecule has 0 atom stereocenters. The van der Waals surface area contributed by atoms with E-state index in [9.17, 15) is 9.59 Å². The van der Waals surface area contributed by atoms with Crippen LogP contribution in [0.2, 0.25) is 5.02 Å². The summed E-state index contributed by atoms with van der Waals surface area (Å²) in [6, 6.07) is 20.3. The van der Waals surface area contributed by atoms with E-state index in [4.69, 9.17) is 11.6 Å². The Bertz CT molecular complexity index is 932. The normalized spacial score (nSPS) is 10.3. The average Bonchev–Trinajstić information content (AvgIpc) is 2.70. The van der Waals surface area contributed by atoms with Gasteiger partial charge in [0.05, 0.1) is 17.2 Å². The van der Waals surface area contributed by atoms with Gasteiger partial charge >= 0.3 is 0 Å². The Balaban J connectivity index is 1.45. The summed E-state index contributed by atoms with van der Waals surface area (Å²) in [6.45, 7) is 0. The van der Waals surface area contributed by atoms with Crippen molar-refractivity contribution in [3.05, 3.63) is 83.5 Å². The van der Waals surface area contributed by atoms with Crippen LogP contribution in [0.15, 0.2) is 77.8 Å². The number of carbonyl (C=O) groups excluding carboxylic acids is 2. The van der Waals surface area contributed by atoms with Crippen LogP contribution < -0.4 is 10.6 Å². The van der Waals surface area contributed by atoms with E-state index in [1.54, 1.807) is 12.1 Å². The molecule has 0 aliphatic heterocycles. The highest BCUT2D eigenvalue weighted by Gasteiger charge is 2.06. The topological polar surface area (TPSA) is 71.1 Å². The molecule has 0 aliphatic rings. The van der Waals surface area contributed by atoms with Crippen LogP contribution in [0.25, 0.3) is 0 Å². The summed E-state index contributed by atoms with van der Waals surface area (Å²) in [4.78, 5) is 29.0. The Labute approximate surface area is 172 Å². The summed E-state index contributed by atoms with van der Waals surface area (Å²) in [5.41, 5.74) is 1.69. The summed E-state index contributed by atoms with van der Waals surface area (Å²) in [5, 5.41) is 6.10. The van der Waals surface area contributed by atoms with Gasteiger partial charge in [-0.3, -0.25) is 9.59 Å². The van der Waals surface area contributed by atoms with Crippen molar-refractivity contribution in [2.45, 2.75) is 11.3 Å². The summed E-state index contributed by atoms with van der Waals surface area (Å²) < 4.78 is 0. The van der Waals surface area contributed by atoms with Crippen LogP contribution in [0.5, 0.6) is 0 Å². The minimum absolute atomic E-state index is 0.0681. The number of carbonyl (C=O) groups is 2. The Morgan fingerprint density at radius 1 is 0.893 bits per heavy atom. The van der Waals surface area contributed by atoms with E-state index in [0.717, 1.165) is 16.1 Å². The van der Waals surface area contributed by atoms with E-state index >= 15 is 0 Å². The highest BCUT2D eigenvalue weighted by atomic mass is 35.5. The van der Waals surface area contributed by atoms with Gasteiger partial charge in [-0.25, -0.2) is 4.98 Å². The number of nitrogens with zero attached hydrogens (tertiary/aromatic N) is 1. The van der Waals surface area contributed by atoms with Crippen LogP contribution in [0.1, 0.15) is 5.56 Å². The van der Waals surface area contributed by atoms with Crippen molar-refractivity contribution in [1.82, 2.24) is 4.98 Å². The number of amides is 2. The summed E-state index contributed by atoms with van der Waals surface area (Å²) in [7, 11) is 0. The number of thioether (sulfide) groups is 1. The maximum atomic E-state index is 12.1. The molecule has 28 heavy (non-hydrogen) atoms. The summed E-state index contributed by atoms with van der Waals surface area (Å²) >= 11 is 7.17. The van der Waals surface area contributed by atoms with E-state index < -0.39 is 0 Å².